The molecule has 0 aliphatic carbocycles. The summed E-state index contributed by atoms with van der Waals surface area (Å²) >= 11 is 0. The number of anilines is 1. The van der Waals surface area contributed by atoms with Gasteiger partial charge in [0.2, 0.25) is 0 Å². The minimum atomic E-state index is -0.750. The molecule has 2 aromatic rings. The molecule has 0 radical (unpaired) electrons. The maximum absolute atomic E-state index is 12.8. The zero-order valence-electron chi connectivity index (χ0n) is 15.1. The maximum atomic E-state index is 12.8. The lowest BCUT2D eigenvalue weighted by Gasteiger charge is -2.34. The second kappa shape index (κ2) is 7.47. The molecule has 6 nitrogen and oxygen atoms in total. The van der Waals surface area contributed by atoms with Gasteiger partial charge in [0.25, 0.3) is 11.8 Å². The smallest absolute Gasteiger partial charge is 0.265 e. The normalized spacial score (nSPS) is 15.7. The highest BCUT2D eigenvalue weighted by Crippen LogP contribution is 2.33. The maximum Gasteiger partial charge on any atom is 0.265 e. The van der Waals surface area contributed by atoms with Gasteiger partial charge in [-0.1, -0.05) is 24.3 Å². The first-order valence-electron chi connectivity index (χ1n) is 8.48. The van der Waals surface area contributed by atoms with E-state index in [1.165, 1.54) is 0 Å². The molecule has 0 bridgehead atoms. The van der Waals surface area contributed by atoms with Crippen molar-refractivity contribution in [2.24, 2.45) is 0 Å². The Morgan fingerprint density at radius 3 is 2.73 bits per heavy atom. The summed E-state index contributed by atoms with van der Waals surface area (Å²) < 4.78 is 11.5. The number of likely N-dealkylation sites (N-methyl/N-ethyl adjacent to an activating group) is 1. The molecule has 1 N–H and O–H groups in total. The third-order valence-corrected chi connectivity index (χ3v) is 4.52. The highest BCUT2D eigenvalue weighted by molar-refractivity contribution is 5.98. The van der Waals surface area contributed by atoms with Crippen molar-refractivity contribution in [2.75, 3.05) is 25.1 Å². The molecule has 0 unspecified atom stereocenters. The summed E-state index contributed by atoms with van der Waals surface area (Å²) in [5.41, 5.74) is 2.75. The van der Waals surface area contributed by atoms with Crippen LogP contribution < -0.4 is 19.7 Å². The molecule has 1 atom stereocenters. The zero-order valence-corrected chi connectivity index (χ0v) is 15.1. The Balaban J connectivity index is 1.79. The van der Waals surface area contributed by atoms with Crippen molar-refractivity contribution in [1.29, 1.82) is 0 Å². The number of carbonyl (C=O) groups excluding carboxylic acids is 2. The number of ether oxygens (including phenoxy) is 2. The fourth-order valence-corrected chi connectivity index (χ4v) is 2.87. The highest BCUT2D eigenvalue weighted by atomic mass is 16.5. The SMILES string of the molecule is CNC(=O)[C@@H]1CN(C(=O)COc2cccc(C)c2C)c2ccccc2O1. The van der Waals surface area contributed by atoms with Crippen molar-refractivity contribution in [2.45, 2.75) is 20.0 Å². The van der Waals surface area contributed by atoms with Crippen LogP contribution in [0.3, 0.4) is 0 Å². The molecule has 2 amide bonds. The monoisotopic (exact) mass is 354 g/mol. The third kappa shape index (κ3) is 3.49. The lowest BCUT2D eigenvalue weighted by molar-refractivity contribution is -0.128. The van der Waals surface area contributed by atoms with Gasteiger partial charge in [0.15, 0.2) is 12.7 Å². The molecule has 6 heteroatoms. The Morgan fingerprint density at radius 1 is 1.19 bits per heavy atom. The van der Waals surface area contributed by atoms with E-state index in [1.54, 1.807) is 30.1 Å². The first kappa shape index (κ1) is 17.8. The van der Waals surface area contributed by atoms with E-state index in [0.29, 0.717) is 17.2 Å². The number of aryl methyl sites for hydroxylation is 1. The molecular weight excluding hydrogens is 332 g/mol. The van der Waals surface area contributed by atoms with Crippen molar-refractivity contribution >= 4 is 17.5 Å². The molecule has 1 aliphatic heterocycles. The molecule has 26 heavy (non-hydrogen) atoms. The lowest BCUT2D eigenvalue weighted by Crippen LogP contribution is -2.51. The van der Waals surface area contributed by atoms with Gasteiger partial charge in [0.1, 0.15) is 11.5 Å². The topological polar surface area (TPSA) is 67.9 Å². The Labute approximate surface area is 152 Å². The number of hydrogen-bond acceptors (Lipinski definition) is 4. The molecule has 0 saturated carbocycles. The van der Waals surface area contributed by atoms with Crippen molar-refractivity contribution in [3.05, 3.63) is 53.6 Å². The van der Waals surface area contributed by atoms with Crippen LogP contribution in [0.5, 0.6) is 11.5 Å². The standard InChI is InChI=1S/C20H22N2O4/c1-13-7-6-10-16(14(13)2)25-12-19(23)22-11-18(20(24)21-3)26-17-9-5-4-8-15(17)22/h4-10,18H,11-12H2,1-3H3,(H,21,24)/t18-/m0/s1. The number of nitrogens with zero attached hydrogens (tertiary/aromatic N) is 1. The van der Waals surface area contributed by atoms with E-state index in [0.717, 1.165) is 11.1 Å². The molecule has 2 aromatic carbocycles. The van der Waals surface area contributed by atoms with E-state index in [9.17, 15) is 9.59 Å². The summed E-state index contributed by atoms with van der Waals surface area (Å²) in [5, 5.41) is 2.56. The van der Waals surface area contributed by atoms with Crippen LogP contribution in [0.15, 0.2) is 42.5 Å². The van der Waals surface area contributed by atoms with E-state index in [2.05, 4.69) is 5.32 Å². The summed E-state index contributed by atoms with van der Waals surface area (Å²) in [7, 11) is 1.54. The van der Waals surface area contributed by atoms with E-state index in [4.69, 9.17) is 9.47 Å². The van der Waals surface area contributed by atoms with Crippen LogP contribution in [-0.2, 0) is 9.59 Å². The van der Waals surface area contributed by atoms with E-state index in [1.807, 2.05) is 38.1 Å². The van der Waals surface area contributed by atoms with Gasteiger partial charge in [-0.25, -0.2) is 0 Å². The summed E-state index contributed by atoms with van der Waals surface area (Å²) in [6, 6.07) is 12.9. The fourth-order valence-electron chi connectivity index (χ4n) is 2.87. The van der Waals surface area contributed by atoms with Crippen molar-refractivity contribution in [1.82, 2.24) is 5.32 Å². The average Bonchev–Trinajstić information content (AvgIpc) is 2.67. The first-order valence-corrected chi connectivity index (χ1v) is 8.48. The number of fused-ring (bicyclic) bond motifs is 1. The van der Waals surface area contributed by atoms with Crippen LogP contribution in [0.4, 0.5) is 5.69 Å². The molecular formula is C20H22N2O4. The number of para-hydroxylation sites is 2. The number of hydrogen-bond donors (Lipinski definition) is 1. The van der Waals surface area contributed by atoms with E-state index >= 15 is 0 Å². The number of nitrogens with one attached hydrogen (secondary N) is 1. The summed E-state index contributed by atoms with van der Waals surface area (Å²) in [6.07, 6.45) is -0.750. The van der Waals surface area contributed by atoms with Gasteiger partial charge < -0.3 is 19.7 Å². The van der Waals surface area contributed by atoms with Crippen molar-refractivity contribution < 1.29 is 19.1 Å². The highest BCUT2D eigenvalue weighted by Gasteiger charge is 2.33. The van der Waals surface area contributed by atoms with E-state index < -0.39 is 6.10 Å². The number of amides is 2. The minimum absolute atomic E-state index is 0.112. The molecule has 136 valence electrons. The predicted octanol–water partition coefficient (Wildman–Crippen LogP) is 2.22. The Bertz CT molecular complexity index is 834. The number of carbonyl (C=O) groups is 2. The Morgan fingerprint density at radius 2 is 1.96 bits per heavy atom. The second-order valence-corrected chi connectivity index (χ2v) is 6.18. The lowest BCUT2D eigenvalue weighted by atomic mass is 10.1. The summed E-state index contributed by atoms with van der Waals surface area (Å²) in [6.45, 7) is 3.99. The van der Waals surface area contributed by atoms with Gasteiger partial charge in [-0.05, 0) is 43.2 Å². The van der Waals surface area contributed by atoms with Crippen LogP contribution in [-0.4, -0.2) is 38.1 Å². The Kier molecular flexibility index (Phi) is 5.11. The van der Waals surface area contributed by atoms with Crippen LogP contribution in [0.2, 0.25) is 0 Å². The van der Waals surface area contributed by atoms with Gasteiger partial charge in [-0.15, -0.1) is 0 Å². The zero-order chi connectivity index (χ0) is 18.7. The molecule has 0 aromatic heterocycles. The quantitative estimate of drug-likeness (QED) is 0.914. The molecule has 1 heterocycles. The summed E-state index contributed by atoms with van der Waals surface area (Å²) in [4.78, 5) is 26.3. The minimum Gasteiger partial charge on any atom is -0.483 e. The largest absolute Gasteiger partial charge is 0.483 e. The van der Waals surface area contributed by atoms with Gasteiger partial charge in [-0.3, -0.25) is 9.59 Å². The molecule has 0 fully saturated rings. The fraction of sp³-hybridized carbons (Fsp3) is 0.300. The van der Waals surface area contributed by atoms with Gasteiger partial charge in [0, 0.05) is 7.05 Å². The Hall–Kier alpha value is -3.02. The molecule has 3 rings (SSSR count). The second-order valence-electron chi connectivity index (χ2n) is 6.18. The van der Waals surface area contributed by atoms with Crippen LogP contribution in [0, 0.1) is 13.8 Å². The van der Waals surface area contributed by atoms with Crippen molar-refractivity contribution in [3.8, 4) is 11.5 Å². The third-order valence-electron chi connectivity index (χ3n) is 4.52. The van der Waals surface area contributed by atoms with Crippen LogP contribution in [0.25, 0.3) is 0 Å². The van der Waals surface area contributed by atoms with Gasteiger partial charge in [-0.2, -0.15) is 0 Å². The number of rotatable bonds is 4. The predicted molar refractivity (Wildman–Crippen MR) is 98.7 cm³/mol. The average molecular weight is 354 g/mol. The molecule has 0 spiro atoms. The van der Waals surface area contributed by atoms with E-state index in [-0.39, 0.29) is 25.0 Å². The molecule has 1 aliphatic rings. The van der Waals surface area contributed by atoms with Crippen LogP contribution >= 0.6 is 0 Å². The summed E-state index contributed by atoms with van der Waals surface area (Å²) in [5.74, 6) is 0.693. The number of benzene rings is 2. The van der Waals surface area contributed by atoms with Crippen molar-refractivity contribution in [3.63, 3.8) is 0 Å². The van der Waals surface area contributed by atoms with Crippen LogP contribution in [0.1, 0.15) is 11.1 Å². The van der Waals surface area contributed by atoms with Gasteiger partial charge in [0.05, 0.1) is 12.2 Å². The van der Waals surface area contributed by atoms with Gasteiger partial charge >= 0.3 is 0 Å². The first-order chi connectivity index (χ1) is 12.5. The molecule has 0 saturated heterocycles.